The molecule has 0 saturated heterocycles. The summed E-state index contributed by atoms with van der Waals surface area (Å²) in [5.41, 5.74) is 0.679. The summed E-state index contributed by atoms with van der Waals surface area (Å²) in [5.74, 6) is -0.0889. The minimum absolute atomic E-state index is 0.148. The zero-order valence-electron chi connectivity index (χ0n) is 15.6. The van der Waals surface area contributed by atoms with E-state index in [0.717, 1.165) is 51.9 Å². The minimum Gasteiger partial charge on any atom is -0.344 e. The summed E-state index contributed by atoms with van der Waals surface area (Å²) in [6.07, 6.45) is 7.73. The second kappa shape index (κ2) is 9.56. The summed E-state index contributed by atoms with van der Waals surface area (Å²) in [4.78, 5) is 26.4. The Morgan fingerprint density at radius 1 is 1.32 bits per heavy atom. The molecule has 2 N–H and O–H groups in total. The molecule has 1 heterocycles. The Hall–Kier alpha value is -1.89. The highest BCUT2D eigenvalue weighted by Gasteiger charge is 2.31. The highest BCUT2D eigenvalue weighted by molar-refractivity contribution is 5.97. The number of nitrogens with zero attached hydrogens (tertiary/aromatic N) is 3. The highest BCUT2D eigenvalue weighted by atomic mass is 16.2. The maximum atomic E-state index is 12.6. The SMILES string of the molecule is CCN(CC)CCn1cc(NC(=O)[C@H](NC(C)=O)C2CCCC2)cn1. The number of anilines is 1. The van der Waals surface area contributed by atoms with Crippen molar-refractivity contribution in [1.82, 2.24) is 20.0 Å². The number of nitrogens with one attached hydrogen (secondary N) is 2. The van der Waals surface area contributed by atoms with Gasteiger partial charge in [-0.25, -0.2) is 0 Å². The van der Waals surface area contributed by atoms with Gasteiger partial charge in [0, 0.05) is 19.7 Å². The van der Waals surface area contributed by atoms with Gasteiger partial charge in [-0.2, -0.15) is 5.10 Å². The molecule has 0 bridgehead atoms. The van der Waals surface area contributed by atoms with E-state index in [0.29, 0.717) is 5.69 Å². The number of aromatic nitrogens is 2. The molecule has 7 heteroatoms. The van der Waals surface area contributed by atoms with Crippen molar-refractivity contribution in [3.8, 4) is 0 Å². The van der Waals surface area contributed by atoms with E-state index in [9.17, 15) is 9.59 Å². The van der Waals surface area contributed by atoms with Gasteiger partial charge in [-0.15, -0.1) is 0 Å². The second-order valence-electron chi connectivity index (χ2n) is 6.73. The van der Waals surface area contributed by atoms with Crippen molar-refractivity contribution in [3.05, 3.63) is 12.4 Å². The highest BCUT2D eigenvalue weighted by Crippen LogP contribution is 2.28. The molecular weight excluding hydrogens is 318 g/mol. The number of hydrogen-bond acceptors (Lipinski definition) is 4. The molecule has 140 valence electrons. The van der Waals surface area contributed by atoms with Crippen LogP contribution < -0.4 is 10.6 Å². The van der Waals surface area contributed by atoms with Gasteiger partial charge in [-0.3, -0.25) is 14.3 Å². The Kier molecular flexibility index (Phi) is 7.43. The third-order valence-electron chi connectivity index (χ3n) is 4.95. The summed E-state index contributed by atoms with van der Waals surface area (Å²) in [6, 6.07) is -0.459. The number of rotatable bonds is 9. The summed E-state index contributed by atoms with van der Waals surface area (Å²) >= 11 is 0. The Balaban J connectivity index is 1.92. The van der Waals surface area contributed by atoms with E-state index in [-0.39, 0.29) is 17.7 Å². The fraction of sp³-hybridized carbons (Fsp3) is 0.722. The Bertz CT molecular complexity index is 562. The molecule has 1 aliphatic carbocycles. The van der Waals surface area contributed by atoms with Crippen LogP contribution in [0.5, 0.6) is 0 Å². The lowest BCUT2D eigenvalue weighted by molar-refractivity contribution is -0.126. The molecule has 0 aliphatic heterocycles. The maximum Gasteiger partial charge on any atom is 0.247 e. The lowest BCUT2D eigenvalue weighted by Crippen LogP contribution is -2.47. The third-order valence-corrected chi connectivity index (χ3v) is 4.95. The van der Waals surface area contributed by atoms with Crippen molar-refractivity contribution in [1.29, 1.82) is 0 Å². The van der Waals surface area contributed by atoms with Crippen LogP contribution in [-0.2, 0) is 16.1 Å². The first-order valence-corrected chi connectivity index (χ1v) is 9.36. The molecule has 1 aromatic rings. The quantitative estimate of drug-likeness (QED) is 0.713. The maximum absolute atomic E-state index is 12.6. The van der Waals surface area contributed by atoms with Gasteiger partial charge >= 0.3 is 0 Å². The minimum atomic E-state index is -0.459. The van der Waals surface area contributed by atoms with E-state index in [1.54, 1.807) is 6.20 Å². The van der Waals surface area contributed by atoms with Gasteiger partial charge in [-0.05, 0) is 31.8 Å². The number of likely N-dealkylation sites (N-methyl/N-ethyl adjacent to an activating group) is 1. The summed E-state index contributed by atoms with van der Waals surface area (Å²) in [6.45, 7) is 9.49. The van der Waals surface area contributed by atoms with Crippen molar-refractivity contribution in [2.24, 2.45) is 5.92 Å². The van der Waals surface area contributed by atoms with Crippen molar-refractivity contribution in [3.63, 3.8) is 0 Å². The predicted molar refractivity (Wildman–Crippen MR) is 98.2 cm³/mol. The van der Waals surface area contributed by atoms with Crippen LogP contribution in [0.4, 0.5) is 5.69 Å². The van der Waals surface area contributed by atoms with Crippen LogP contribution in [0.25, 0.3) is 0 Å². The van der Waals surface area contributed by atoms with Crippen molar-refractivity contribution in [2.75, 3.05) is 25.0 Å². The first kappa shape index (κ1) is 19.4. The van der Waals surface area contributed by atoms with Gasteiger partial charge in [-0.1, -0.05) is 26.7 Å². The van der Waals surface area contributed by atoms with Crippen molar-refractivity contribution >= 4 is 17.5 Å². The largest absolute Gasteiger partial charge is 0.344 e. The lowest BCUT2D eigenvalue weighted by atomic mass is 9.97. The number of hydrogen-bond donors (Lipinski definition) is 2. The Morgan fingerprint density at radius 3 is 2.60 bits per heavy atom. The van der Waals surface area contributed by atoms with E-state index in [1.165, 1.54) is 6.92 Å². The average molecular weight is 349 g/mol. The van der Waals surface area contributed by atoms with E-state index >= 15 is 0 Å². The topological polar surface area (TPSA) is 79.3 Å². The van der Waals surface area contributed by atoms with Crippen molar-refractivity contribution < 1.29 is 9.59 Å². The summed E-state index contributed by atoms with van der Waals surface area (Å²) in [5, 5.41) is 10.0. The van der Waals surface area contributed by atoms with Gasteiger partial charge in [0.15, 0.2) is 0 Å². The van der Waals surface area contributed by atoms with Gasteiger partial charge in [0.25, 0.3) is 0 Å². The van der Waals surface area contributed by atoms with E-state index in [1.807, 2.05) is 10.9 Å². The molecule has 0 radical (unpaired) electrons. The molecular formula is C18H31N5O2. The van der Waals surface area contributed by atoms with Crippen LogP contribution in [0.2, 0.25) is 0 Å². The van der Waals surface area contributed by atoms with E-state index in [2.05, 4.69) is 34.5 Å². The number of carbonyl (C=O) groups is 2. The Morgan fingerprint density at radius 2 is 2.00 bits per heavy atom. The second-order valence-corrected chi connectivity index (χ2v) is 6.73. The van der Waals surface area contributed by atoms with Crippen LogP contribution in [0.1, 0.15) is 46.5 Å². The van der Waals surface area contributed by atoms with Crippen LogP contribution in [0.3, 0.4) is 0 Å². The summed E-state index contributed by atoms with van der Waals surface area (Å²) in [7, 11) is 0. The lowest BCUT2D eigenvalue weighted by Gasteiger charge is -2.22. The van der Waals surface area contributed by atoms with Crippen molar-refractivity contribution in [2.45, 2.75) is 59.0 Å². The zero-order valence-corrected chi connectivity index (χ0v) is 15.6. The molecule has 7 nitrogen and oxygen atoms in total. The number of carbonyl (C=O) groups excluding carboxylic acids is 2. The fourth-order valence-corrected chi connectivity index (χ4v) is 3.46. The Labute approximate surface area is 150 Å². The molecule has 2 rings (SSSR count). The van der Waals surface area contributed by atoms with Gasteiger partial charge in [0.2, 0.25) is 11.8 Å². The first-order chi connectivity index (χ1) is 12.0. The number of amides is 2. The molecule has 25 heavy (non-hydrogen) atoms. The van der Waals surface area contributed by atoms with E-state index in [4.69, 9.17) is 0 Å². The van der Waals surface area contributed by atoms with Crippen LogP contribution >= 0.6 is 0 Å². The van der Waals surface area contributed by atoms with Gasteiger partial charge in [0.05, 0.1) is 18.4 Å². The molecule has 1 aromatic heterocycles. The molecule has 1 fully saturated rings. The van der Waals surface area contributed by atoms with E-state index < -0.39 is 6.04 Å². The van der Waals surface area contributed by atoms with Crippen LogP contribution in [-0.4, -0.2) is 52.2 Å². The zero-order chi connectivity index (χ0) is 18.2. The molecule has 1 saturated carbocycles. The molecule has 0 aromatic carbocycles. The van der Waals surface area contributed by atoms with Gasteiger partial charge in [0.1, 0.15) is 6.04 Å². The first-order valence-electron chi connectivity index (χ1n) is 9.36. The predicted octanol–water partition coefficient (Wildman–Crippen LogP) is 1.86. The fourth-order valence-electron chi connectivity index (χ4n) is 3.46. The third kappa shape index (κ3) is 5.85. The molecule has 0 spiro atoms. The molecule has 1 aliphatic rings. The normalized spacial score (nSPS) is 16.2. The standard InChI is InChI=1S/C18H31N5O2/c1-4-22(5-2)10-11-23-13-16(12-19-23)21-18(25)17(20-14(3)24)15-8-6-7-9-15/h12-13,15,17H,4-11H2,1-3H3,(H,20,24)(H,21,25)/t17-/m1/s1. The average Bonchev–Trinajstić information content (AvgIpc) is 3.25. The van der Waals surface area contributed by atoms with Crippen LogP contribution in [0, 0.1) is 5.92 Å². The smallest absolute Gasteiger partial charge is 0.247 e. The van der Waals surface area contributed by atoms with Crippen LogP contribution in [0.15, 0.2) is 12.4 Å². The molecule has 2 amide bonds. The van der Waals surface area contributed by atoms with Gasteiger partial charge < -0.3 is 15.5 Å². The molecule has 0 unspecified atom stereocenters. The molecule has 1 atom stereocenters. The monoisotopic (exact) mass is 349 g/mol. The summed E-state index contributed by atoms with van der Waals surface area (Å²) < 4.78 is 1.84.